The van der Waals surface area contributed by atoms with Crippen LogP contribution in [0.3, 0.4) is 0 Å². The monoisotopic (exact) mass is 269 g/mol. The molecule has 5 heteroatoms. The van der Waals surface area contributed by atoms with Crippen LogP contribution in [0.15, 0.2) is 36.7 Å². The van der Waals surface area contributed by atoms with E-state index in [0.717, 1.165) is 25.3 Å². The van der Waals surface area contributed by atoms with Gasteiger partial charge in [0.05, 0.1) is 12.1 Å². The molecule has 0 bridgehead atoms. The van der Waals surface area contributed by atoms with Crippen LogP contribution in [0, 0.1) is 0 Å². The molecule has 0 saturated heterocycles. The third-order valence-corrected chi connectivity index (χ3v) is 3.42. The third kappa shape index (κ3) is 2.44. The lowest BCUT2D eigenvalue weighted by molar-refractivity contribution is 0.709. The summed E-state index contributed by atoms with van der Waals surface area (Å²) in [7, 11) is 1.89. The van der Waals surface area contributed by atoms with Crippen molar-refractivity contribution in [2.75, 3.05) is 6.54 Å². The van der Waals surface area contributed by atoms with E-state index in [1.807, 2.05) is 13.2 Å². The van der Waals surface area contributed by atoms with Crippen molar-refractivity contribution in [3.63, 3.8) is 0 Å². The van der Waals surface area contributed by atoms with Crippen molar-refractivity contribution >= 4 is 10.9 Å². The van der Waals surface area contributed by atoms with E-state index in [1.165, 1.54) is 16.5 Å². The van der Waals surface area contributed by atoms with Crippen molar-refractivity contribution in [3.05, 3.63) is 47.9 Å². The Hall–Kier alpha value is -2.14. The van der Waals surface area contributed by atoms with Crippen LogP contribution in [-0.2, 0) is 20.1 Å². The highest BCUT2D eigenvalue weighted by molar-refractivity contribution is 5.83. The smallest absolute Gasteiger partial charge is 0.102 e. The summed E-state index contributed by atoms with van der Waals surface area (Å²) in [6.07, 6.45) is 4.08. The summed E-state index contributed by atoms with van der Waals surface area (Å²) < 4.78 is 3.98. The first-order valence-electron chi connectivity index (χ1n) is 6.90. The third-order valence-electron chi connectivity index (χ3n) is 3.42. The topological polar surface area (TPSA) is 47.7 Å². The van der Waals surface area contributed by atoms with E-state index in [1.54, 1.807) is 4.68 Å². The summed E-state index contributed by atoms with van der Waals surface area (Å²) in [5, 5.41) is 12.8. The minimum Gasteiger partial charge on any atom is -0.341 e. The van der Waals surface area contributed by atoms with Gasteiger partial charge in [0.25, 0.3) is 0 Å². The van der Waals surface area contributed by atoms with Crippen LogP contribution in [0.5, 0.6) is 0 Å². The molecule has 3 rings (SSSR count). The Morgan fingerprint density at radius 1 is 1.25 bits per heavy atom. The molecule has 0 spiro atoms. The second-order valence-electron chi connectivity index (χ2n) is 4.96. The van der Waals surface area contributed by atoms with Crippen molar-refractivity contribution in [2.24, 2.45) is 7.05 Å². The second-order valence-corrected chi connectivity index (χ2v) is 4.96. The molecular weight excluding hydrogens is 250 g/mol. The quantitative estimate of drug-likeness (QED) is 0.770. The van der Waals surface area contributed by atoms with E-state index in [9.17, 15) is 0 Å². The summed E-state index contributed by atoms with van der Waals surface area (Å²) in [6.45, 7) is 4.73. The SMILES string of the molecule is CCNCc1cccc2ccn(Cc3cn(C)nn3)c12. The zero-order valence-corrected chi connectivity index (χ0v) is 11.9. The van der Waals surface area contributed by atoms with Crippen molar-refractivity contribution < 1.29 is 0 Å². The minimum atomic E-state index is 0.750. The molecule has 3 aromatic rings. The number of para-hydroxylation sites is 1. The molecule has 2 heterocycles. The molecule has 104 valence electrons. The summed E-state index contributed by atoms with van der Waals surface area (Å²) in [5.41, 5.74) is 3.57. The highest BCUT2D eigenvalue weighted by atomic mass is 15.4. The molecule has 0 amide bonds. The zero-order chi connectivity index (χ0) is 13.9. The highest BCUT2D eigenvalue weighted by Crippen LogP contribution is 2.21. The van der Waals surface area contributed by atoms with Crippen molar-refractivity contribution in [2.45, 2.75) is 20.0 Å². The predicted molar refractivity (Wildman–Crippen MR) is 79.4 cm³/mol. The maximum Gasteiger partial charge on any atom is 0.102 e. The molecule has 5 nitrogen and oxygen atoms in total. The lowest BCUT2D eigenvalue weighted by Gasteiger charge is -2.09. The average Bonchev–Trinajstić information content (AvgIpc) is 3.04. The molecule has 0 radical (unpaired) electrons. The number of benzene rings is 1. The van der Waals surface area contributed by atoms with Crippen LogP contribution in [0.4, 0.5) is 0 Å². The highest BCUT2D eigenvalue weighted by Gasteiger charge is 2.08. The largest absolute Gasteiger partial charge is 0.341 e. The fourth-order valence-electron chi connectivity index (χ4n) is 2.52. The molecule has 0 atom stereocenters. The number of rotatable bonds is 5. The first-order valence-corrected chi connectivity index (χ1v) is 6.90. The Bertz CT molecular complexity index is 710. The zero-order valence-electron chi connectivity index (χ0n) is 11.9. The van der Waals surface area contributed by atoms with E-state index in [0.29, 0.717) is 0 Å². The summed E-state index contributed by atoms with van der Waals surface area (Å²) in [6, 6.07) is 8.60. The second kappa shape index (κ2) is 5.46. The maximum atomic E-state index is 4.17. The number of aromatic nitrogens is 4. The lowest BCUT2D eigenvalue weighted by Crippen LogP contribution is -2.13. The molecule has 20 heavy (non-hydrogen) atoms. The Labute approximate surface area is 118 Å². The maximum absolute atomic E-state index is 4.17. The number of hydrogen-bond acceptors (Lipinski definition) is 3. The molecule has 1 aromatic carbocycles. The van der Waals surface area contributed by atoms with Gasteiger partial charge in [0.2, 0.25) is 0 Å². The first-order chi connectivity index (χ1) is 9.78. The van der Waals surface area contributed by atoms with Crippen LogP contribution in [0.25, 0.3) is 10.9 Å². The van der Waals surface area contributed by atoms with Gasteiger partial charge in [0.1, 0.15) is 5.69 Å². The van der Waals surface area contributed by atoms with Crippen molar-refractivity contribution in [1.29, 1.82) is 0 Å². The van der Waals surface area contributed by atoms with Gasteiger partial charge < -0.3 is 9.88 Å². The Balaban J connectivity index is 1.98. The first kappa shape index (κ1) is 12.9. The van der Waals surface area contributed by atoms with Gasteiger partial charge in [-0.1, -0.05) is 30.3 Å². The molecular formula is C15H19N5. The summed E-state index contributed by atoms with van der Waals surface area (Å²) in [4.78, 5) is 0. The van der Waals surface area contributed by atoms with Gasteiger partial charge in [-0.25, -0.2) is 0 Å². The molecule has 0 aliphatic heterocycles. The normalized spacial score (nSPS) is 11.3. The molecule has 1 N–H and O–H groups in total. The van der Waals surface area contributed by atoms with Crippen LogP contribution in [0.1, 0.15) is 18.2 Å². The van der Waals surface area contributed by atoms with Gasteiger partial charge in [-0.05, 0) is 23.6 Å². The predicted octanol–water partition coefficient (Wildman–Crippen LogP) is 1.93. The minimum absolute atomic E-state index is 0.750. The van der Waals surface area contributed by atoms with Gasteiger partial charge in [-0.15, -0.1) is 5.10 Å². The van der Waals surface area contributed by atoms with Gasteiger partial charge >= 0.3 is 0 Å². The number of nitrogens with zero attached hydrogens (tertiary/aromatic N) is 4. The van der Waals surface area contributed by atoms with Gasteiger partial charge in [-0.2, -0.15) is 0 Å². The number of hydrogen-bond donors (Lipinski definition) is 1. The van der Waals surface area contributed by atoms with Gasteiger partial charge in [0, 0.05) is 26.0 Å². The molecule has 0 aliphatic rings. The molecule has 0 saturated carbocycles. The fourth-order valence-corrected chi connectivity index (χ4v) is 2.52. The van der Waals surface area contributed by atoms with Gasteiger partial charge in [-0.3, -0.25) is 4.68 Å². The number of aryl methyl sites for hydroxylation is 1. The van der Waals surface area contributed by atoms with E-state index >= 15 is 0 Å². The molecule has 0 aliphatic carbocycles. The van der Waals surface area contributed by atoms with E-state index in [-0.39, 0.29) is 0 Å². The Kier molecular flexibility index (Phi) is 3.52. The summed E-state index contributed by atoms with van der Waals surface area (Å²) >= 11 is 0. The Morgan fingerprint density at radius 2 is 2.15 bits per heavy atom. The van der Waals surface area contributed by atoms with Crippen LogP contribution in [0.2, 0.25) is 0 Å². The molecule has 0 unspecified atom stereocenters. The standard InChI is InChI=1S/C15H19N5/c1-3-16-9-13-6-4-5-12-7-8-20(15(12)13)11-14-10-19(2)18-17-14/h4-8,10,16H,3,9,11H2,1-2H3. The van der Waals surface area contributed by atoms with Crippen LogP contribution in [-0.4, -0.2) is 26.1 Å². The average molecular weight is 269 g/mol. The van der Waals surface area contributed by atoms with Crippen LogP contribution >= 0.6 is 0 Å². The van der Waals surface area contributed by atoms with E-state index in [4.69, 9.17) is 0 Å². The van der Waals surface area contributed by atoms with Crippen molar-refractivity contribution in [3.8, 4) is 0 Å². The van der Waals surface area contributed by atoms with E-state index in [2.05, 4.69) is 57.6 Å². The molecule has 0 fully saturated rings. The lowest BCUT2D eigenvalue weighted by atomic mass is 10.1. The van der Waals surface area contributed by atoms with Crippen molar-refractivity contribution in [1.82, 2.24) is 24.9 Å². The molecule has 2 aromatic heterocycles. The van der Waals surface area contributed by atoms with Gasteiger partial charge in [0.15, 0.2) is 0 Å². The number of fused-ring (bicyclic) bond motifs is 1. The summed E-state index contributed by atoms with van der Waals surface area (Å²) in [5.74, 6) is 0. The van der Waals surface area contributed by atoms with E-state index < -0.39 is 0 Å². The number of nitrogens with one attached hydrogen (secondary N) is 1. The van der Waals surface area contributed by atoms with Crippen LogP contribution < -0.4 is 5.32 Å². The Morgan fingerprint density at radius 3 is 2.90 bits per heavy atom. The fraction of sp³-hybridized carbons (Fsp3) is 0.333.